The third-order valence-electron chi connectivity index (χ3n) is 3.42. The van der Waals surface area contributed by atoms with Gasteiger partial charge < -0.3 is 9.67 Å². The number of nitrogens with zero attached hydrogens (tertiary/aromatic N) is 2. The van der Waals surface area contributed by atoms with E-state index in [-0.39, 0.29) is 0 Å². The van der Waals surface area contributed by atoms with Crippen LogP contribution in [-0.2, 0) is 13.0 Å². The molecule has 3 aromatic rings. The van der Waals surface area contributed by atoms with Crippen molar-refractivity contribution in [3.63, 3.8) is 0 Å². The number of aliphatic hydroxyl groups excluding tert-OH is 1. The molecule has 1 unspecified atom stereocenters. The molecular weight excluding hydrogens is 268 g/mol. The lowest BCUT2D eigenvalue weighted by Crippen LogP contribution is -2.08. The van der Waals surface area contributed by atoms with Gasteiger partial charge in [0.2, 0.25) is 0 Å². The average molecular weight is 286 g/mol. The fourth-order valence-corrected chi connectivity index (χ4v) is 3.47. The van der Waals surface area contributed by atoms with Crippen LogP contribution < -0.4 is 0 Å². The van der Waals surface area contributed by atoms with Crippen LogP contribution in [0.4, 0.5) is 0 Å². The quantitative estimate of drug-likeness (QED) is 0.775. The molecule has 0 aliphatic carbocycles. The van der Waals surface area contributed by atoms with Gasteiger partial charge in [-0.2, -0.15) is 0 Å². The zero-order chi connectivity index (χ0) is 13.9. The number of benzene rings is 1. The van der Waals surface area contributed by atoms with Crippen LogP contribution in [0.25, 0.3) is 10.1 Å². The molecule has 3 nitrogen and oxygen atoms in total. The molecule has 4 heteroatoms. The lowest BCUT2D eigenvalue weighted by atomic mass is 10.2. The molecule has 0 radical (unpaired) electrons. The Hall–Kier alpha value is -1.65. The highest BCUT2D eigenvalue weighted by Gasteiger charge is 2.15. The minimum Gasteiger partial charge on any atom is -0.387 e. The highest BCUT2D eigenvalue weighted by atomic mass is 32.1. The fraction of sp³-hybridized carbons (Fsp3) is 0.312. The normalized spacial score (nSPS) is 12.9. The minimum absolute atomic E-state index is 0.481. The molecular formula is C16H18N2OS. The zero-order valence-electron chi connectivity index (χ0n) is 11.5. The number of hydrogen-bond acceptors (Lipinski definition) is 3. The summed E-state index contributed by atoms with van der Waals surface area (Å²) in [5.41, 5.74) is 0. The maximum atomic E-state index is 10.4. The van der Waals surface area contributed by atoms with Crippen molar-refractivity contribution < 1.29 is 5.11 Å². The summed E-state index contributed by atoms with van der Waals surface area (Å²) < 4.78 is 3.34. The van der Waals surface area contributed by atoms with Gasteiger partial charge >= 0.3 is 0 Å². The Morgan fingerprint density at radius 3 is 3.00 bits per heavy atom. The number of aromatic nitrogens is 2. The Bertz CT molecular complexity index is 668. The second-order valence-electron chi connectivity index (χ2n) is 4.94. The molecule has 1 N–H and O–H groups in total. The third kappa shape index (κ3) is 2.62. The van der Waals surface area contributed by atoms with Gasteiger partial charge in [0.05, 0.1) is 6.10 Å². The van der Waals surface area contributed by atoms with Gasteiger partial charge in [-0.15, -0.1) is 11.3 Å². The number of aliphatic hydroxyl groups is 1. The fourth-order valence-electron chi connectivity index (χ4n) is 2.41. The first-order valence-electron chi connectivity index (χ1n) is 6.94. The summed E-state index contributed by atoms with van der Waals surface area (Å²) in [5, 5.41) is 11.6. The topological polar surface area (TPSA) is 38.0 Å². The van der Waals surface area contributed by atoms with Gasteiger partial charge in [0.1, 0.15) is 5.82 Å². The van der Waals surface area contributed by atoms with Gasteiger partial charge in [0.25, 0.3) is 0 Å². The number of imidazole rings is 1. The summed E-state index contributed by atoms with van der Waals surface area (Å²) in [7, 11) is 0. The second kappa shape index (κ2) is 5.77. The molecule has 0 bridgehead atoms. The van der Waals surface area contributed by atoms with E-state index in [1.165, 1.54) is 10.1 Å². The molecule has 2 aromatic heterocycles. The van der Waals surface area contributed by atoms with Crippen LogP contribution in [-0.4, -0.2) is 14.7 Å². The first-order chi connectivity index (χ1) is 9.78. The van der Waals surface area contributed by atoms with E-state index in [1.54, 1.807) is 11.3 Å². The van der Waals surface area contributed by atoms with Crippen molar-refractivity contribution in [2.45, 2.75) is 32.4 Å². The Morgan fingerprint density at radius 2 is 2.20 bits per heavy atom. The monoisotopic (exact) mass is 286 g/mol. The highest BCUT2D eigenvalue weighted by molar-refractivity contribution is 7.19. The van der Waals surface area contributed by atoms with Crippen LogP contribution in [0, 0.1) is 0 Å². The van der Waals surface area contributed by atoms with Crippen molar-refractivity contribution in [1.82, 2.24) is 9.55 Å². The smallest absolute Gasteiger partial charge is 0.111 e. The molecule has 0 spiro atoms. The van der Waals surface area contributed by atoms with Crippen LogP contribution >= 0.6 is 11.3 Å². The predicted molar refractivity (Wildman–Crippen MR) is 83.0 cm³/mol. The SMILES string of the molecule is CCCn1ccnc1CC(O)c1cc2ccccc2s1. The van der Waals surface area contributed by atoms with Crippen LogP contribution in [0.3, 0.4) is 0 Å². The Balaban J connectivity index is 1.81. The number of fused-ring (bicyclic) bond motifs is 1. The van der Waals surface area contributed by atoms with Crippen LogP contribution in [0.2, 0.25) is 0 Å². The van der Waals surface area contributed by atoms with Crippen molar-refractivity contribution in [3.8, 4) is 0 Å². The average Bonchev–Trinajstić information content (AvgIpc) is 3.06. The molecule has 0 saturated carbocycles. The summed E-state index contributed by atoms with van der Waals surface area (Å²) in [5.74, 6) is 0.955. The molecule has 0 aliphatic heterocycles. The summed E-state index contributed by atoms with van der Waals surface area (Å²) >= 11 is 1.66. The van der Waals surface area contributed by atoms with Gasteiger partial charge in [-0.25, -0.2) is 4.98 Å². The Morgan fingerprint density at radius 1 is 1.35 bits per heavy atom. The number of thiophene rings is 1. The van der Waals surface area contributed by atoms with E-state index in [0.717, 1.165) is 23.7 Å². The Kier molecular flexibility index (Phi) is 3.85. The van der Waals surface area contributed by atoms with Crippen molar-refractivity contribution in [1.29, 1.82) is 0 Å². The van der Waals surface area contributed by atoms with Crippen LogP contribution in [0.1, 0.15) is 30.2 Å². The molecule has 104 valence electrons. The standard InChI is InChI=1S/C16H18N2OS/c1-2-8-18-9-7-17-16(18)11-13(19)15-10-12-5-3-4-6-14(12)20-15/h3-7,9-10,13,19H,2,8,11H2,1H3. The van der Waals surface area contributed by atoms with E-state index in [4.69, 9.17) is 0 Å². The second-order valence-corrected chi connectivity index (χ2v) is 6.06. The molecule has 0 aliphatic rings. The van der Waals surface area contributed by atoms with Crippen LogP contribution in [0.15, 0.2) is 42.7 Å². The molecule has 0 fully saturated rings. The molecule has 0 amide bonds. The summed E-state index contributed by atoms with van der Waals surface area (Å²) in [6.07, 6.45) is 4.95. The lowest BCUT2D eigenvalue weighted by molar-refractivity contribution is 0.178. The van der Waals surface area contributed by atoms with E-state index in [0.29, 0.717) is 6.42 Å². The first kappa shape index (κ1) is 13.3. The summed E-state index contributed by atoms with van der Waals surface area (Å²) in [6.45, 7) is 3.10. The van der Waals surface area contributed by atoms with Gasteiger partial charge in [0, 0.05) is 34.9 Å². The lowest BCUT2D eigenvalue weighted by Gasteiger charge is -2.10. The molecule has 1 atom stereocenters. The van der Waals surface area contributed by atoms with Crippen molar-refractivity contribution in [2.75, 3.05) is 0 Å². The molecule has 3 rings (SSSR count). The molecule has 2 heterocycles. The molecule has 0 saturated heterocycles. The maximum Gasteiger partial charge on any atom is 0.111 e. The predicted octanol–water partition coefficient (Wildman–Crippen LogP) is 3.78. The first-order valence-corrected chi connectivity index (χ1v) is 7.76. The van der Waals surface area contributed by atoms with Gasteiger partial charge in [-0.1, -0.05) is 25.1 Å². The van der Waals surface area contributed by atoms with E-state index >= 15 is 0 Å². The highest BCUT2D eigenvalue weighted by Crippen LogP contribution is 2.31. The van der Waals surface area contributed by atoms with E-state index in [1.807, 2.05) is 24.5 Å². The van der Waals surface area contributed by atoms with Crippen molar-refractivity contribution in [3.05, 3.63) is 53.4 Å². The molecule has 1 aromatic carbocycles. The van der Waals surface area contributed by atoms with E-state index in [9.17, 15) is 5.11 Å². The van der Waals surface area contributed by atoms with Gasteiger partial charge in [-0.05, 0) is 23.9 Å². The number of aryl methyl sites for hydroxylation is 1. The van der Waals surface area contributed by atoms with Gasteiger partial charge in [-0.3, -0.25) is 0 Å². The minimum atomic E-state index is -0.481. The number of hydrogen-bond donors (Lipinski definition) is 1. The maximum absolute atomic E-state index is 10.4. The zero-order valence-corrected chi connectivity index (χ0v) is 12.3. The summed E-state index contributed by atoms with van der Waals surface area (Å²) in [4.78, 5) is 5.37. The van der Waals surface area contributed by atoms with Gasteiger partial charge in [0.15, 0.2) is 0 Å². The summed E-state index contributed by atoms with van der Waals surface area (Å²) in [6, 6.07) is 10.3. The van der Waals surface area contributed by atoms with Crippen molar-refractivity contribution >= 4 is 21.4 Å². The molecule has 20 heavy (non-hydrogen) atoms. The van der Waals surface area contributed by atoms with E-state index in [2.05, 4.69) is 34.7 Å². The van der Waals surface area contributed by atoms with E-state index < -0.39 is 6.10 Å². The van der Waals surface area contributed by atoms with Crippen LogP contribution in [0.5, 0.6) is 0 Å². The third-order valence-corrected chi connectivity index (χ3v) is 4.63. The van der Waals surface area contributed by atoms with Crippen molar-refractivity contribution in [2.24, 2.45) is 0 Å². The number of rotatable bonds is 5. The largest absolute Gasteiger partial charge is 0.387 e. The Labute approximate surface area is 122 Å².